The predicted molar refractivity (Wildman–Crippen MR) is 111 cm³/mol. The van der Waals surface area contributed by atoms with Gasteiger partial charge in [0.05, 0.1) is 31.6 Å². The van der Waals surface area contributed by atoms with Crippen LogP contribution in [0, 0.1) is 0 Å². The van der Waals surface area contributed by atoms with Crippen molar-refractivity contribution in [2.75, 3.05) is 19.8 Å². The van der Waals surface area contributed by atoms with Gasteiger partial charge in [-0.15, -0.1) is 5.10 Å². The molecule has 1 fully saturated rings. The number of aliphatic hydroxyl groups is 1. The molecule has 1 aliphatic rings. The van der Waals surface area contributed by atoms with Crippen molar-refractivity contribution < 1.29 is 33.4 Å². The van der Waals surface area contributed by atoms with Gasteiger partial charge in [0.2, 0.25) is 5.78 Å². The zero-order chi connectivity index (χ0) is 23.5. The Morgan fingerprint density at radius 3 is 2.50 bits per heavy atom. The molecule has 2 N–H and O–H groups in total. The highest BCUT2D eigenvalue weighted by atomic mass is 31.2. The predicted octanol–water partition coefficient (Wildman–Crippen LogP) is 1.46. The molecule has 1 aliphatic heterocycles. The smallest absolute Gasteiger partial charge is 0.366 e. The van der Waals surface area contributed by atoms with Crippen LogP contribution in [0.1, 0.15) is 57.7 Å². The lowest BCUT2D eigenvalue weighted by Crippen LogP contribution is -2.32. The van der Waals surface area contributed by atoms with Crippen LogP contribution in [0.2, 0.25) is 0 Å². The van der Waals surface area contributed by atoms with Crippen LogP contribution in [-0.4, -0.2) is 66.9 Å². The number of hydrogen-bond donors (Lipinski definition) is 2. The van der Waals surface area contributed by atoms with Crippen molar-refractivity contribution >= 4 is 24.6 Å². The number of aliphatic carboxylic acids is 1. The first-order chi connectivity index (χ1) is 15.3. The fourth-order valence-corrected chi connectivity index (χ4v) is 5.48. The van der Waals surface area contributed by atoms with Gasteiger partial charge >= 0.3 is 13.6 Å². The maximum Gasteiger partial charge on any atom is 0.366 e. The summed E-state index contributed by atoms with van der Waals surface area (Å²) in [6, 6.07) is 0. The molecule has 0 spiro atoms. The fourth-order valence-electron chi connectivity index (χ4n) is 3.70. The summed E-state index contributed by atoms with van der Waals surface area (Å²) in [5, 5.41) is 31.7. The first kappa shape index (κ1) is 24.5. The van der Waals surface area contributed by atoms with Gasteiger partial charge in [0.1, 0.15) is 5.52 Å². The quantitative estimate of drug-likeness (QED) is 0.453. The highest BCUT2D eigenvalue weighted by molar-refractivity contribution is 7.55. The minimum Gasteiger partial charge on any atom is -0.479 e. The standard InChI is InChI=1S/C18H28N5O8P/c1-4-7-12-14-15(16(25)22(21-19-14)13-9-8-11(10-24)31-13)23(20-12)17(18(26)27)32(28,29-5-2)30-6-3/h11,13,17,24H,4-10H2,1-3H3,(H,26,27). The molecule has 0 saturated carbocycles. The molecule has 0 bridgehead atoms. The summed E-state index contributed by atoms with van der Waals surface area (Å²) < 4.78 is 31.4. The van der Waals surface area contributed by atoms with E-state index < -0.39 is 37.2 Å². The van der Waals surface area contributed by atoms with E-state index in [1.807, 2.05) is 6.92 Å². The van der Waals surface area contributed by atoms with E-state index in [1.54, 1.807) is 13.8 Å². The van der Waals surface area contributed by atoms with Gasteiger partial charge in [-0.05, 0) is 33.1 Å². The van der Waals surface area contributed by atoms with Crippen LogP contribution in [0.4, 0.5) is 0 Å². The molecule has 3 unspecified atom stereocenters. The van der Waals surface area contributed by atoms with Crippen molar-refractivity contribution in [2.24, 2.45) is 0 Å². The van der Waals surface area contributed by atoms with Crippen LogP contribution >= 0.6 is 7.60 Å². The first-order valence-electron chi connectivity index (χ1n) is 10.6. The molecule has 2 aromatic rings. The molecule has 2 aromatic heterocycles. The highest BCUT2D eigenvalue weighted by Gasteiger charge is 2.45. The summed E-state index contributed by atoms with van der Waals surface area (Å²) in [4.78, 5) is 25.7. The molecule has 0 radical (unpaired) electrons. The average molecular weight is 473 g/mol. The number of ether oxygens (including phenoxy) is 1. The van der Waals surface area contributed by atoms with Crippen molar-refractivity contribution in [3.05, 3.63) is 16.0 Å². The number of carboxylic acid groups (broad SMARTS) is 1. The molecule has 3 rings (SSSR count). The summed E-state index contributed by atoms with van der Waals surface area (Å²) in [6.45, 7) is 4.67. The topological polar surface area (TPSA) is 168 Å². The Labute approximate surface area is 183 Å². The molecule has 3 atom stereocenters. The van der Waals surface area contributed by atoms with Crippen molar-refractivity contribution in [1.29, 1.82) is 0 Å². The molecule has 1 saturated heterocycles. The van der Waals surface area contributed by atoms with Crippen LogP contribution in [0.25, 0.3) is 11.0 Å². The average Bonchev–Trinajstić information content (AvgIpc) is 3.34. The molecular weight excluding hydrogens is 445 g/mol. The number of aromatic nitrogens is 5. The van der Waals surface area contributed by atoms with Gasteiger partial charge in [0.25, 0.3) is 5.56 Å². The molecule has 0 aromatic carbocycles. The van der Waals surface area contributed by atoms with E-state index >= 15 is 0 Å². The van der Waals surface area contributed by atoms with Gasteiger partial charge in [-0.3, -0.25) is 9.36 Å². The van der Waals surface area contributed by atoms with Gasteiger partial charge < -0.3 is 24.0 Å². The number of rotatable bonds is 11. The third-order valence-electron chi connectivity index (χ3n) is 5.03. The number of aliphatic hydroxyl groups excluding tert-OH is 1. The van der Waals surface area contributed by atoms with E-state index in [0.717, 1.165) is 9.36 Å². The molecule has 0 amide bonds. The van der Waals surface area contributed by atoms with E-state index in [0.29, 0.717) is 31.4 Å². The number of carbonyl (C=O) groups is 1. The first-order valence-corrected chi connectivity index (χ1v) is 12.2. The second-order valence-electron chi connectivity index (χ2n) is 7.24. The Bertz CT molecular complexity index is 1060. The van der Waals surface area contributed by atoms with Gasteiger partial charge in [-0.1, -0.05) is 18.6 Å². The maximum absolute atomic E-state index is 13.4. The Hall–Kier alpha value is -2.18. The number of nitrogens with zero attached hydrogens (tertiary/aromatic N) is 5. The lowest BCUT2D eigenvalue weighted by atomic mass is 10.2. The maximum atomic E-state index is 13.4. The van der Waals surface area contributed by atoms with Gasteiger partial charge in [0, 0.05) is 0 Å². The Morgan fingerprint density at radius 2 is 1.97 bits per heavy atom. The number of aryl methyl sites for hydroxylation is 1. The summed E-state index contributed by atoms with van der Waals surface area (Å²) in [7, 11) is -4.25. The summed E-state index contributed by atoms with van der Waals surface area (Å²) >= 11 is 0. The number of fused-ring (bicyclic) bond motifs is 1. The Morgan fingerprint density at radius 1 is 1.28 bits per heavy atom. The van der Waals surface area contributed by atoms with Crippen LogP contribution in [0.5, 0.6) is 0 Å². The Balaban J connectivity index is 2.24. The number of carboxylic acids is 1. The van der Waals surface area contributed by atoms with Crippen LogP contribution in [0.15, 0.2) is 4.79 Å². The number of hydrogen-bond acceptors (Lipinski definition) is 10. The third kappa shape index (κ3) is 4.48. The molecule has 3 heterocycles. The van der Waals surface area contributed by atoms with Gasteiger partial charge in [-0.25, -0.2) is 9.48 Å². The van der Waals surface area contributed by atoms with Crippen LogP contribution in [-0.2, 0) is 29.6 Å². The van der Waals surface area contributed by atoms with E-state index in [-0.39, 0.29) is 30.9 Å². The fraction of sp³-hybridized carbons (Fsp3) is 0.722. The zero-order valence-corrected chi connectivity index (χ0v) is 19.1. The van der Waals surface area contributed by atoms with Crippen molar-refractivity contribution in [3.8, 4) is 0 Å². The van der Waals surface area contributed by atoms with E-state index in [9.17, 15) is 24.4 Å². The van der Waals surface area contributed by atoms with E-state index in [4.69, 9.17) is 13.8 Å². The van der Waals surface area contributed by atoms with Crippen molar-refractivity contribution in [3.63, 3.8) is 0 Å². The summed E-state index contributed by atoms with van der Waals surface area (Å²) in [6.07, 6.45) is 0.771. The second-order valence-corrected chi connectivity index (χ2v) is 9.32. The molecule has 32 heavy (non-hydrogen) atoms. The monoisotopic (exact) mass is 473 g/mol. The molecule has 14 heteroatoms. The van der Waals surface area contributed by atoms with Crippen LogP contribution in [0.3, 0.4) is 0 Å². The molecular formula is C18H28N5O8P. The van der Waals surface area contributed by atoms with E-state index in [2.05, 4.69) is 15.4 Å². The zero-order valence-electron chi connectivity index (χ0n) is 18.2. The third-order valence-corrected chi connectivity index (χ3v) is 7.30. The Kier molecular flexibility index (Phi) is 7.78. The van der Waals surface area contributed by atoms with Crippen molar-refractivity contribution in [2.45, 2.75) is 64.6 Å². The molecule has 13 nitrogen and oxygen atoms in total. The van der Waals surface area contributed by atoms with Gasteiger partial charge in [-0.2, -0.15) is 9.78 Å². The minimum atomic E-state index is -4.25. The van der Waals surface area contributed by atoms with E-state index in [1.165, 1.54) is 0 Å². The van der Waals surface area contributed by atoms with Gasteiger partial charge in [0.15, 0.2) is 11.7 Å². The second kappa shape index (κ2) is 10.2. The summed E-state index contributed by atoms with van der Waals surface area (Å²) in [5.74, 6) is -3.42. The minimum absolute atomic E-state index is 0.0649. The highest BCUT2D eigenvalue weighted by Crippen LogP contribution is 2.59. The summed E-state index contributed by atoms with van der Waals surface area (Å²) in [5.41, 5.74) is -0.396. The molecule has 178 valence electrons. The molecule has 0 aliphatic carbocycles. The van der Waals surface area contributed by atoms with Crippen molar-refractivity contribution in [1.82, 2.24) is 24.8 Å². The van der Waals surface area contributed by atoms with Crippen LogP contribution < -0.4 is 5.56 Å². The lowest BCUT2D eigenvalue weighted by molar-refractivity contribution is -0.139. The largest absolute Gasteiger partial charge is 0.479 e. The SMILES string of the molecule is CCCc1nn(C(C(=O)O)P(=O)(OCC)OCC)c2c(=O)n(C3CCC(CO)O3)nnc12. The normalized spacial score (nSPS) is 20.1. The lowest BCUT2D eigenvalue weighted by Gasteiger charge is -2.23.